The molecule has 0 N–H and O–H groups in total. The molecule has 1 aromatic rings. The second kappa shape index (κ2) is 5.59. The average Bonchev–Trinajstić information content (AvgIpc) is 2.13. The van der Waals surface area contributed by atoms with Crippen LogP contribution in [0.25, 0.3) is 0 Å². The van der Waals surface area contributed by atoms with E-state index in [1.807, 2.05) is 0 Å². The summed E-state index contributed by atoms with van der Waals surface area (Å²) >= 11 is 0. The fraction of sp³-hybridized carbons (Fsp3) is 0.333. The third-order valence-electron chi connectivity index (χ3n) is 1.33. The van der Waals surface area contributed by atoms with E-state index < -0.39 is 28.8 Å². The Bertz CT molecular complexity index is 286. The normalized spacial score (nSPS) is 9.36. The molecule has 1 nitrogen and oxygen atoms in total. The Morgan fingerprint density at radius 1 is 0.929 bits per heavy atom. The summed E-state index contributed by atoms with van der Waals surface area (Å²) < 4.78 is 53.5. The van der Waals surface area contributed by atoms with Crippen LogP contribution in [-0.2, 0) is 4.74 Å². The molecule has 0 bridgehead atoms. The quantitative estimate of drug-likeness (QED) is 0.472. The lowest BCUT2D eigenvalue weighted by molar-refractivity contribution is 0.277. The standard InChI is InChI=1S/C7H4F4.C2H6O/c1-3-6(10)4(8)2-5(9)7(3)11;1-3-2/h2H,1H3;1-2H3. The van der Waals surface area contributed by atoms with Crippen molar-refractivity contribution in [3.05, 3.63) is 34.9 Å². The smallest absolute Gasteiger partial charge is 0.164 e. The van der Waals surface area contributed by atoms with Crippen LogP contribution in [0.2, 0.25) is 0 Å². The maximum atomic E-state index is 12.4. The summed E-state index contributed by atoms with van der Waals surface area (Å²) in [6.45, 7) is 0.969. The molecule has 0 aliphatic heterocycles. The van der Waals surface area contributed by atoms with Crippen molar-refractivity contribution in [2.45, 2.75) is 6.92 Å². The highest BCUT2D eigenvalue weighted by Gasteiger charge is 2.14. The fourth-order valence-corrected chi connectivity index (χ4v) is 0.693. The summed E-state index contributed by atoms with van der Waals surface area (Å²) in [4.78, 5) is 0. The number of halogens is 4. The molecule has 0 fully saturated rings. The van der Waals surface area contributed by atoms with Gasteiger partial charge in [-0.2, -0.15) is 0 Å². The first kappa shape index (κ1) is 12.9. The minimum absolute atomic E-state index is 0.178. The first-order chi connectivity index (χ1) is 6.45. The minimum Gasteiger partial charge on any atom is -0.388 e. The molecule has 0 heterocycles. The Morgan fingerprint density at radius 2 is 1.21 bits per heavy atom. The van der Waals surface area contributed by atoms with E-state index in [9.17, 15) is 17.6 Å². The minimum atomic E-state index is -1.37. The van der Waals surface area contributed by atoms with E-state index in [0.29, 0.717) is 0 Å². The van der Waals surface area contributed by atoms with E-state index in [-0.39, 0.29) is 6.07 Å². The van der Waals surface area contributed by atoms with Crippen molar-refractivity contribution < 1.29 is 22.3 Å². The molecular weight excluding hydrogens is 200 g/mol. The predicted octanol–water partition coefficient (Wildman–Crippen LogP) is 2.81. The van der Waals surface area contributed by atoms with Gasteiger partial charge in [-0.3, -0.25) is 0 Å². The zero-order valence-electron chi connectivity index (χ0n) is 8.00. The van der Waals surface area contributed by atoms with Crippen LogP contribution in [0.1, 0.15) is 5.56 Å². The third kappa shape index (κ3) is 2.99. The summed E-state index contributed by atoms with van der Waals surface area (Å²) in [5, 5.41) is 0. The van der Waals surface area contributed by atoms with Gasteiger partial charge in [0.25, 0.3) is 0 Å². The number of rotatable bonds is 0. The summed E-state index contributed by atoms with van der Waals surface area (Å²) in [5.41, 5.74) is -0.637. The molecule has 0 amide bonds. The number of ether oxygens (including phenoxy) is 1. The van der Waals surface area contributed by atoms with E-state index in [0.717, 1.165) is 6.92 Å². The maximum Gasteiger partial charge on any atom is 0.164 e. The molecule has 1 rings (SSSR count). The van der Waals surface area contributed by atoms with Crippen molar-refractivity contribution in [2.24, 2.45) is 0 Å². The predicted molar refractivity (Wildman–Crippen MR) is 43.9 cm³/mol. The lowest BCUT2D eigenvalue weighted by atomic mass is 10.2. The molecule has 80 valence electrons. The van der Waals surface area contributed by atoms with Crippen LogP contribution >= 0.6 is 0 Å². The molecule has 0 saturated heterocycles. The lowest BCUT2D eigenvalue weighted by Gasteiger charge is -1.99. The summed E-state index contributed by atoms with van der Waals surface area (Å²) in [7, 11) is 3.25. The van der Waals surface area contributed by atoms with Crippen molar-refractivity contribution in [3.8, 4) is 0 Å². The van der Waals surface area contributed by atoms with Crippen molar-refractivity contribution in [1.82, 2.24) is 0 Å². The van der Waals surface area contributed by atoms with E-state index >= 15 is 0 Å². The van der Waals surface area contributed by atoms with E-state index in [2.05, 4.69) is 4.74 Å². The first-order valence-electron chi connectivity index (χ1n) is 3.65. The highest BCUT2D eigenvalue weighted by molar-refractivity contribution is 5.20. The largest absolute Gasteiger partial charge is 0.388 e. The summed E-state index contributed by atoms with van der Waals surface area (Å²) in [6.07, 6.45) is 0. The van der Waals surface area contributed by atoms with Crippen LogP contribution in [0.4, 0.5) is 17.6 Å². The van der Waals surface area contributed by atoms with Gasteiger partial charge in [0.15, 0.2) is 23.3 Å². The fourth-order valence-electron chi connectivity index (χ4n) is 0.693. The average molecular weight is 210 g/mol. The lowest BCUT2D eigenvalue weighted by Crippen LogP contribution is -1.97. The van der Waals surface area contributed by atoms with Crippen LogP contribution in [0, 0.1) is 30.2 Å². The van der Waals surface area contributed by atoms with Crippen LogP contribution in [0.3, 0.4) is 0 Å². The van der Waals surface area contributed by atoms with Crippen LogP contribution in [0.5, 0.6) is 0 Å². The van der Waals surface area contributed by atoms with Gasteiger partial charge < -0.3 is 4.74 Å². The highest BCUT2D eigenvalue weighted by atomic mass is 19.2. The molecule has 1 aromatic carbocycles. The topological polar surface area (TPSA) is 9.23 Å². The Kier molecular flexibility index (Phi) is 5.15. The molecule has 14 heavy (non-hydrogen) atoms. The molecule has 5 heteroatoms. The SMILES string of the molecule is COC.Cc1c(F)c(F)cc(F)c1F. The molecule has 0 spiro atoms. The number of hydrogen-bond donors (Lipinski definition) is 0. The Morgan fingerprint density at radius 3 is 1.50 bits per heavy atom. The number of benzene rings is 1. The van der Waals surface area contributed by atoms with Gasteiger partial charge in [0.2, 0.25) is 0 Å². The van der Waals surface area contributed by atoms with Gasteiger partial charge in [0.1, 0.15) is 0 Å². The molecule has 0 aliphatic carbocycles. The van der Waals surface area contributed by atoms with E-state index in [4.69, 9.17) is 0 Å². The zero-order chi connectivity index (χ0) is 11.3. The van der Waals surface area contributed by atoms with Gasteiger partial charge in [0.05, 0.1) is 0 Å². The second-order valence-corrected chi connectivity index (χ2v) is 2.50. The van der Waals surface area contributed by atoms with E-state index in [1.54, 1.807) is 14.2 Å². The molecular formula is C9H10F4O. The third-order valence-corrected chi connectivity index (χ3v) is 1.33. The Balaban J connectivity index is 0.000000500. The van der Waals surface area contributed by atoms with Crippen LogP contribution in [0.15, 0.2) is 6.07 Å². The molecule has 0 aromatic heterocycles. The zero-order valence-corrected chi connectivity index (χ0v) is 8.00. The van der Waals surface area contributed by atoms with Gasteiger partial charge in [-0.1, -0.05) is 0 Å². The van der Waals surface area contributed by atoms with Crippen molar-refractivity contribution >= 4 is 0 Å². The monoisotopic (exact) mass is 210 g/mol. The summed E-state index contributed by atoms with van der Waals surface area (Å²) in [5.74, 6) is -5.43. The second-order valence-electron chi connectivity index (χ2n) is 2.50. The molecule has 0 saturated carbocycles. The van der Waals surface area contributed by atoms with Crippen LogP contribution in [-0.4, -0.2) is 14.2 Å². The first-order valence-corrected chi connectivity index (χ1v) is 3.65. The van der Waals surface area contributed by atoms with Gasteiger partial charge in [-0.25, -0.2) is 17.6 Å². The number of methoxy groups -OCH3 is 1. The van der Waals surface area contributed by atoms with Crippen molar-refractivity contribution in [1.29, 1.82) is 0 Å². The van der Waals surface area contributed by atoms with Gasteiger partial charge in [0, 0.05) is 25.8 Å². The van der Waals surface area contributed by atoms with Crippen molar-refractivity contribution in [3.63, 3.8) is 0 Å². The molecule has 0 aliphatic rings. The molecule has 0 atom stereocenters. The molecule has 0 radical (unpaired) electrons. The van der Waals surface area contributed by atoms with Gasteiger partial charge >= 0.3 is 0 Å². The Labute approximate surface area is 79.3 Å². The number of hydrogen-bond acceptors (Lipinski definition) is 1. The Hall–Kier alpha value is -1.10. The summed E-state index contributed by atoms with van der Waals surface area (Å²) in [6, 6.07) is 0.178. The molecule has 0 unspecified atom stereocenters. The van der Waals surface area contributed by atoms with Gasteiger partial charge in [-0.15, -0.1) is 0 Å². The van der Waals surface area contributed by atoms with Gasteiger partial charge in [-0.05, 0) is 6.92 Å². The van der Waals surface area contributed by atoms with Crippen LogP contribution < -0.4 is 0 Å². The maximum absolute atomic E-state index is 12.4. The highest BCUT2D eigenvalue weighted by Crippen LogP contribution is 2.17. The van der Waals surface area contributed by atoms with E-state index in [1.165, 1.54) is 0 Å². The van der Waals surface area contributed by atoms with Crippen molar-refractivity contribution in [2.75, 3.05) is 14.2 Å².